The molecule has 242 valence electrons. The van der Waals surface area contributed by atoms with Crippen molar-refractivity contribution in [1.82, 2.24) is 15.0 Å². The van der Waals surface area contributed by atoms with Crippen molar-refractivity contribution in [1.29, 1.82) is 0 Å². The SMILES string of the molecule is [2H]c1c([2H])c([2H])c(-c2nc(-c3ccc4c(c3)C3(c5ccccc5C=C4)c4ccccc4-c4c3ccc3c4oc4ccccc43)nc(-c3c([2H])c([2H])c([2H])c([2H])c3[2H])n2)c([2H])c1[2H]. The van der Waals surface area contributed by atoms with Crippen LogP contribution in [0.25, 0.3) is 79.4 Å². The minimum Gasteiger partial charge on any atom is -0.455 e. The molecule has 0 saturated heterocycles. The van der Waals surface area contributed by atoms with Crippen molar-refractivity contribution >= 4 is 34.1 Å². The molecule has 4 nitrogen and oxygen atoms in total. The Balaban J connectivity index is 1.24. The number of para-hydroxylation sites is 1. The predicted octanol–water partition coefficient (Wildman–Crippen LogP) is 11.6. The quantitative estimate of drug-likeness (QED) is 0.187. The second-order valence-electron chi connectivity index (χ2n) is 12.8. The van der Waals surface area contributed by atoms with Crippen molar-refractivity contribution in [3.05, 3.63) is 197 Å². The number of benzene rings is 7. The molecular formula is C48H29N3O. The molecular weight excluding hydrogens is 635 g/mol. The van der Waals surface area contributed by atoms with E-state index >= 15 is 0 Å². The fourth-order valence-corrected chi connectivity index (χ4v) is 8.05. The third-order valence-electron chi connectivity index (χ3n) is 10.2. The molecule has 52 heavy (non-hydrogen) atoms. The van der Waals surface area contributed by atoms with Gasteiger partial charge < -0.3 is 4.42 Å². The van der Waals surface area contributed by atoms with E-state index in [4.69, 9.17) is 28.1 Å². The molecule has 2 aromatic heterocycles. The molecule has 2 aliphatic carbocycles. The number of rotatable bonds is 3. The van der Waals surface area contributed by atoms with Gasteiger partial charge in [0.05, 0.1) is 19.1 Å². The van der Waals surface area contributed by atoms with Crippen LogP contribution in [0.5, 0.6) is 0 Å². The molecule has 0 bridgehead atoms. The van der Waals surface area contributed by atoms with Crippen molar-refractivity contribution in [2.45, 2.75) is 5.41 Å². The van der Waals surface area contributed by atoms with E-state index in [1.54, 1.807) is 0 Å². The smallest absolute Gasteiger partial charge is 0.164 e. The highest BCUT2D eigenvalue weighted by Gasteiger charge is 2.49. The molecule has 2 heterocycles. The van der Waals surface area contributed by atoms with Gasteiger partial charge in [-0.2, -0.15) is 0 Å². The Bertz CT molecular complexity index is 3360. The van der Waals surface area contributed by atoms with Gasteiger partial charge in [-0.1, -0.05) is 164 Å². The molecule has 1 spiro atoms. The normalized spacial score (nSPS) is 18.0. The molecule has 0 radical (unpaired) electrons. The zero-order valence-corrected chi connectivity index (χ0v) is 27.2. The highest BCUT2D eigenvalue weighted by Crippen LogP contribution is 2.60. The van der Waals surface area contributed by atoms with E-state index in [0.29, 0.717) is 5.56 Å². The van der Waals surface area contributed by atoms with Crippen molar-refractivity contribution in [3.63, 3.8) is 0 Å². The summed E-state index contributed by atoms with van der Waals surface area (Å²) in [5.41, 5.74) is 8.17. The van der Waals surface area contributed by atoms with Crippen LogP contribution < -0.4 is 0 Å². The Kier molecular flexibility index (Phi) is 4.39. The Morgan fingerprint density at radius 3 is 1.85 bits per heavy atom. The zero-order valence-electron chi connectivity index (χ0n) is 37.2. The maximum Gasteiger partial charge on any atom is 0.164 e. The highest BCUT2D eigenvalue weighted by molar-refractivity contribution is 6.12. The molecule has 1 atom stereocenters. The Labute approximate surface area is 314 Å². The lowest BCUT2D eigenvalue weighted by Gasteiger charge is -2.35. The molecule has 2 aliphatic rings. The van der Waals surface area contributed by atoms with Crippen LogP contribution in [0.15, 0.2) is 168 Å². The average Bonchev–Trinajstić information content (AvgIpc) is 3.77. The van der Waals surface area contributed by atoms with E-state index in [1.165, 1.54) is 0 Å². The van der Waals surface area contributed by atoms with Crippen LogP contribution in [-0.2, 0) is 5.41 Å². The van der Waals surface area contributed by atoms with Crippen LogP contribution in [0.2, 0.25) is 0 Å². The van der Waals surface area contributed by atoms with Gasteiger partial charge in [-0.3, -0.25) is 0 Å². The fraction of sp³-hybridized carbons (Fsp3) is 0.0208. The lowest BCUT2D eigenvalue weighted by Crippen LogP contribution is -2.30. The molecule has 0 amide bonds. The monoisotopic (exact) mass is 673 g/mol. The van der Waals surface area contributed by atoms with Crippen LogP contribution in [0.1, 0.15) is 47.1 Å². The van der Waals surface area contributed by atoms with Crippen LogP contribution in [0.4, 0.5) is 0 Å². The van der Waals surface area contributed by atoms with Gasteiger partial charge in [0.1, 0.15) is 11.2 Å². The topological polar surface area (TPSA) is 51.8 Å². The lowest BCUT2D eigenvalue weighted by atomic mass is 9.65. The molecule has 0 fully saturated rings. The summed E-state index contributed by atoms with van der Waals surface area (Å²) >= 11 is 0. The summed E-state index contributed by atoms with van der Waals surface area (Å²) in [7, 11) is 0. The number of aromatic nitrogens is 3. The van der Waals surface area contributed by atoms with Gasteiger partial charge in [0.2, 0.25) is 0 Å². The van der Waals surface area contributed by atoms with Crippen LogP contribution >= 0.6 is 0 Å². The van der Waals surface area contributed by atoms with Gasteiger partial charge in [0, 0.05) is 33.0 Å². The summed E-state index contributed by atoms with van der Waals surface area (Å²) in [5, 5.41) is 2.00. The van der Waals surface area contributed by atoms with Crippen molar-refractivity contribution in [3.8, 4) is 45.3 Å². The minimum atomic E-state index is -0.928. The lowest BCUT2D eigenvalue weighted by molar-refractivity contribution is 0.669. The predicted molar refractivity (Wildman–Crippen MR) is 210 cm³/mol. The van der Waals surface area contributed by atoms with Crippen LogP contribution in [0, 0.1) is 0 Å². The third-order valence-corrected chi connectivity index (χ3v) is 10.2. The molecule has 0 N–H and O–H groups in total. The first-order valence-electron chi connectivity index (χ1n) is 21.8. The molecule has 0 aliphatic heterocycles. The number of hydrogen-bond acceptors (Lipinski definition) is 4. The average molecular weight is 674 g/mol. The Morgan fingerprint density at radius 1 is 0.481 bits per heavy atom. The first-order chi connectivity index (χ1) is 29.9. The van der Waals surface area contributed by atoms with E-state index in [1.807, 2.05) is 60.7 Å². The molecule has 0 saturated carbocycles. The minimum absolute atomic E-state index is 0.0117. The summed E-state index contributed by atoms with van der Waals surface area (Å²) in [6.07, 6.45) is 4.16. The van der Waals surface area contributed by atoms with Gasteiger partial charge in [-0.25, -0.2) is 15.0 Å². The number of hydrogen-bond donors (Lipinski definition) is 0. The number of furan rings is 1. The molecule has 1 unspecified atom stereocenters. The second-order valence-corrected chi connectivity index (χ2v) is 12.8. The Hall–Kier alpha value is -6.91. The summed E-state index contributed by atoms with van der Waals surface area (Å²) in [6, 6.07) is 28.6. The van der Waals surface area contributed by atoms with Crippen molar-refractivity contribution in [2.75, 3.05) is 0 Å². The number of nitrogens with zero attached hydrogens (tertiary/aromatic N) is 3. The summed E-state index contributed by atoms with van der Waals surface area (Å²) in [5.74, 6) is -0.664. The van der Waals surface area contributed by atoms with Crippen LogP contribution in [-0.4, -0.2) is 15.0 Å². The zero-order chi connectivity index (χ0) is 42.9. The third kappa shape index (κ3) is 4.06. The standard InChI is InChI=1S/C48H29N3O/c1-3-14-32(15-4-1)45-49-46(33-16-5-2-6-17-33)51-47(50-45)34-26-25-31-24-23-30-13-7-10-20-38(30)48(41(31)29-34)39-21-11-8-19-37(39)43-40(48)28-27-36-35-18-9-12-22-42(35)52-44(36)43/h1-29H/i1D,2D,3D,4D,5D,6D,14D,15D,16D,17D. The largest absolute Gasteiger partial charge is 0.455 e. The maximum absolute atomic E-state index is 8.81. The van der Waals surface area contributed by atoms with Gasteiger partial charge >= 0.3 is 0 Å². The first-order valence-corrected chi connectivity index (χ1v) is 16.8. The molecule has 9 aromatic rings. The fourth-order valence-electron chi connectivity index (χ4n) is 8.05. The van der Waals surface area contributed by atoms with Gasteiger partial charge in [0.25, 0.3) is 0 Å². The maximum atomic E-state index is 8.81. The van der Waals surface area contributed by atoms with E-state index < -0.39 is 65.8 Å². The summed E-state index contributed by atoms with van der Waals surface area (Å²) in [6.45, 7) is 0. The number of fused-ring (bicyclic) bond motifs is 13. The van der Waals surface area contributed by atoms with Crippen molar-refractivity contribution < 1.29 is 18.1 Å². The second kappa shape index (κ2) is 11.0. The van der Waals surface area contributed by atoms with E-state index in [9.17, 15) is 0 Å². The van der Waals surface area contributed by atoms with Crippen molar-refractivity contribution in [2.24, 2.45) is 0 Å². The summed E-state index contributed by atoms with van der Waals surface area (Å²) < 4.78 is 92.1. The van der Waals surface area contributed by atoms with E-state index in [0.717, 1.165) is 66.4 Å². The van der Waals surface area contributed by atoms with E-state index in [2.05, 4.69) is 59.6 Å². The molecule has 11 rings (SSSR count). The molecule has 7 aromatic carbocycles. The van der Waals surface area contributed by atoms with Gasteiger partial charge in [-0.15, -0.1) is 0 Å². The molecule has 4 heteroatoms. The Morgan fingerprint density at radius 2 is 1.10 bits per heavy atom. The van der Waals surface area contributed by atoms with Gasteiger partial charge in [0.15, 0.2) is 17.5 Å². The van der Waals surface area contributed by atoms with Crippen LogP contribution in [0.3, 0.4) is 0 Å². The highest BCUT2D eigenvalue weighted by atomic mass is 16.3. The summed E-state index contributed by atoms with van der Waals surface area (Å²) in [4.78, 5) is 14.0. The van der Waals surface area contributed by atoms with E-state index in [-0.39, 0.29) is 28.6 Å². The van der Waals surface area contributed by atoms with Gasteiger partial charge in [-0.05, 0) is 51.1 Å². The first kappa shape index (κ1) is 20.7.